The normalized spacial score (nSPS) is 18.8. The Morgan fingerprint density at radius 3 is 2.82 bits per heavy atom. The van der Waals surface area contributed by atoms with Gasteiger partial charge in [-0.25, -0.2) is 0 Å². The zero-order valence-corrected chi connectivity index (χ0v) is 18.0. The quantitative estimate of drug-likeness (QED) is 0.369. The number of carbonyl (C=O) groups is 2. The van der Waals surface area contributed by atoms with Crippen LogP contribution < -0.4 is 9.47 Å². The van der Waals surface area contributed by atoms with Crippen molar-refractivity contribution in [1.29, 1.82) is 0 Å². The fraction of sp³-hybridized carbons (Fsp3) is 0.192. The molecule has 0 aliphatic carbocycles. The number of carbonyl (C=O) groups excluding carboxylic acids is 2. The molecule has 1 N–H and O–H groups in total. The molecule has 2 aromatic carbocycles. The average molecular weight is 442 g/mol. The number of nitrogens with zero attached hydrogens (tertiary/aromatic N) is 2. The number of para-hydroxylation sites is 1. The third kappa shape index (κ3) is 3.61. The molecular formula is C26H22N2O5. The highest BCUT2D eigenvalue weighted by atomic mass is 16.5. The van der Waals surface area contributed by atoms with Crippen LogP contribution in [0.2, 0.25) is 0 Å². The molecule has 0 bridgehead atoms. The minimum Gasteiger partial charge on any atom is -0.507 e. The molecule has 0 saturated carbocycles. The molecule has 166 valence electrons. The van der Waals surface area contributed by atoms with Crippen LogP contribution in [0.3, 0.4) is 0 Å². The van der Waals surface area contributed by atoms with Gasteiger partial charge in [0, 0.05) is 29.9 Å². The van der Waals surface area contributed by atoms with Crippen LogP contribution in [0, 0.1) is 0 Å². The van der Waals surface area contributed by atoms with E-state index in [0.717, 1.165) is 23.3 Å². The molecule has 1 amide bonds. The Bertz CT molecular complexity index is 1270. The molecule has 7 nitrogen and oxygen atoms in total. The molecule has 2 aliphatic heterocycles. The zero-order chi connectivity index (χ0) is 22.9. The number of Topliss-reactive ketones (excluding diaryl/α,β-unsaturated/α-hetero) is 1. The van der Waals surface area contributed by atoms with E-state index in [-0.39, 0.29) is 17.9 Å². The number of methoxy groups -OCH3 is 1. The summed E-state index contributed by atoms with van der Waals surface area (Å²) < 4.78 is 11.0. The molecule has 0 radical (unpaired) electrons. The number of aliphatic hydroxyl groups is 1. The summed E-state index contributed by atoms with van der Waals surface area (Å²) in [7, 11) is 1.56. The number of hydrogen-bond acceptors (Lipinski definition) is 6. The van der Waals surface area contributed by atoms with Gasteiger partial charge in [0.25, 0.3) is 11.7 Å². The van der Waals surface area contributed by atoms with Crippen molar-refractivity contribution in [2.24, 2.45) is 0 Å². The van der Waals surface area contributed by atoms with Gasteiger partial charge in [0.05, 0.1) is 31.9 Å². The van der Waals surface area contributed by atoms with Gasteiger partial charge < -0.3 is 19.5 Å². The van der Waals surface area contributed by atoms with Crippen LogP contribution in [0.5, 0.6) is 11.5 Å². The van der Waals surface area contributed by atoms with Crippen molar-refractivity contribution in [3.05, 3.63) is 94.8 Å². The number of ether oxygens (including phenoxy) is 2. The zero-order valence-electron chi connectivity index (χ0n) is 18.0. The second-order valence-electron chi connectivity index (χ2n) is 7.95. The first kappa shape index (κ1) is 20.8. The second kappa shape index (κ2) is 8.43. The lowest BCUT2D eigenvalue weighted by Crippen LogP contribution is -2.29. The first-order valence-corrected chi connectivity index (χ1v) is 10.6. The van der Waals surface area contributed by atoms with E-state index in [0.29, 0.717) is 23.5 Å². The lowest BCUT2D eigenvalue weighted by molar-refractivity contribution is -0.140. The van der Waals surface area contributed by atoms with Crippen molar-refractivity contribution in [1.82, 2.24) is 9.88 Å². The van der Waals surface area contributed by atoms with Crippen LogP contribution in [-0.2, 0) is 22.6 Å². The van der Waals surface area contributed by atoms with E-state index >= 15 is 0 Å². The van der Waals surface area contributed by atoms with E-state index < -0.39 is 17.7 Å². The molecule has 3 aromatic rings. The fourth-order valence-electron chi connectivity index (χ4n) is 4.43. The lowest BCUT2D eigenvalue weighted by Gasteiger charge is -2.25. The van der Waals surface area contributed by atoms with Crippen LogP contribution in [-0.4, -0.2) is 40.4 Å². The van der Waals surface area contributed by atoms with Gasteiger partial charge in [0.2, 0.25) is 0 Å². The first-order valence-electron chi connectivity index (χ1n) is 10.6. The summed E-state index contributed by atoms with van der Waals surface area (Å²) in [5.74, 6) is -0.233. The van der Waals surface area contributed by atoms with E-state index in [2.05, 4.69) is 4.98 Å². The Morgan fingerprint density at radius 2 is 2.03 bits per heavy atom. The van der Waals surface area contributed by atoms with Gasteiger partial charge in [-0.15, -0.1) is 0 Å². The van der Waals surface area contributed by atoms with E-state index in [1.54, 1.807) is 49.8 Å². The topological polar surface area (TPSA) is 89.0 Å². The number of pyridine rings is 1. The summed E-state index contributed by atoms with van der Waals surface area (Å²) in [6, 6.07) is 15.4. The largest absolute Gasteiger partial charge is 0.507 e. The molecule has 5 rings (SSSR count). The highest BCUT2D eigenvalue weighted by Gasteiger charge is 2.46. The van der Waals surface area contributed by atoms with Crippen LogP contribution in [0.1, 0.15) is 28.3 Å². The minimum absolute atomic E-state index is 0.0433. The summed E-state index contributed by atoms with van der Waals surface area (Å²) in [6.45, 7) is 0.724. The van der Waals surface area contributed by atoms with Crippen molar-refractivity contribution in [2.45, 2.75) is 19.0 Å². The Kier molecular flexibility index (Phi) is 5.30. The SMILES string of the molecule is COc1ccccc1CN1C(=O)C(=O)/C(=C(\O)c2ccc3c(c2)CCO3)C1c1cccnc1. The molecule has 1 unspecified atom stereocenters. The van der Waals surface area contributed by atoms with Gasteiger partial charge in [0.1, 0.15) is 17.3 Å². The number of benzene rings is 2. The predicted octanol–water partition coefficient (Wildman–Crippen LogP) is 3.65. The van der Waals surface area contributed by atoms with Gasteiger partial charge in [-0.3, -0.25) is 14.6 Å². The maximum Gasteiger partial charge on any atom is 0.295 e. The second-order valence-corrected chi connectivity index (χ2v) is 7.95. The number of aliphatic hydroxyl groups excluding tert-OH is 1. The van der Waals surface area contributed by atoms with Crippen molar-refractivity contribution in [3.63, 3.8) is 0 Å². The van der Waals surface area contributed by atoms with E-state index in [9.17, 15) is 14.7 Å². The summed E-state index contributed by atoms with van der Waals surface area (Å²) >= 11 is 0. The number of fused-ring (bicyclic) bond motifs is 1. The smallest absolute Gasteiger partial charge is 0.295 e. The third-order valence-corrected chi connectivity index (χ3v) is 6.04. The van der Waals surface area contributed by atoms with Crippen LogP contribution in [0.4, 0.5) is 0 Å². The summed E-state index contributed by atoms with van der Waals surface area (Å²) in [4.78, 5) is 32.0. The maximum atomic E-state index is 13.2. The molecule has 1 atom stereocenters. The summed E-state index contributed by atoms with van der Waals surface area (Å²) in [5.41, 5.74) is 2.87. The van der Waals surface area contributed by atoms with Crippen LogP contribution >= 0.6 is 0 Å². The Morgan fingerprint density at radius 1 is 1.18 bits per heavy atom. The van der Waals surface area contributed by atoms with Crippen molar-refractivity contribution >= 4 is 17.4 Å². The van der Waals surface area contributed by atoms with Crippen molar-refractivity contribution in [3.8, 4) is 11.5 Å². The highest BCUT2D eigenvalue weighted by molar-refractivity contribution is 6.46. The average Bonchev–Trinajstić information content (AvgIpc) is 3.42. The van der Waals surface area contributed by atoms with Gasteiger partial charge in [-0.1, -0.05) is 24.3 Å². The maximum absolute atomic E-state index is 13.2. The Balaban J connectivity index is 1.63. The molecule has 2 aliphatic rings. The monoisotopic (exact) mass is 442 g/mol. The Hall–Kier alpha value is -4.13. The molecule has 1 fully saturated rings. The van der Waals surface area contributed by atoms with Gasteiger partial charge >= 0.3 is 0 Å². The van der Waals surface area contributed by atoms with Crippen LogP contribution in [0.25, 0.3) is 5.76 Å². The van der Waals surface area contributed by atoms with Crippen molar-refractivity contribution < 1.29 is 24.2 Å². The molecular weight excluding hydrogens is 420 g/mol. The van der Waals surface area contributed by atoms with Crippen LogP contribution in [0.15, 0.2) is 72.6 Å². The van der Waals surface area contributed by atoms with Crippen molar-refractivity contribution in [2.75, 3.05) is 13.7 Å². The standard InChI is InChI=1S/C26H22N2O5/c1-32-20-7-3-2-5-19(20)15-28-23(18-6-4-11-27-14-18)22(25(30)26(28)31)24(29)17-8-9-21-16(13-17)10-12-33-21/h2-9,11,13-14,23,29H,10,12,15H2,1H3/b24-22-. The number of amides is 1. The van der Waals surface area contributed by atoms with E-state index in [1.807, 2.05) is 24.3 Å². The number of hydrogen-bond donors (Lipinski definition) is 1. The molecule has 33 heavy (non-hydrogen) atoms. The van der Waals surface area contributed by atoms with E-state index in [1.165, 1.54) is 4.90 Å². The molecule has 1 aromatic heterocycles. The third-order valence-electron chi connectivity index (χ3n) is 6.04. The number of ketones is 1. The molecule has 0 spiro atoms. The molecule has 7 heteroatoms. The minimum atomic E-state index is -0.784. The van der Waals surface area contributed by atoms with E-state index in [4.69, 9.17) is 9.47 Å². The summed E-state index contributed by atoms with van der Waals surface area (Å²) in [6.07, 6.45) is 3.95. The Labute approximate surface area is 190 Å². The van der Waals surface area contributed by atoms with Gasteiger partial charge in [0.15, 0.2) is 0 Å². The number of rotatable bonds is 5. The predicted molar refractivity (Wildman–Crippen MR) is 121 cm³/mol. The molecule has 3 heterocycles. The number of aromatic nitrogens is 1. The fourth-order valence-corrected chi connectivity index (χ4v) is 4.43. The number of likely N-dealkylation sites (tertiary alicyclic amines) is 1. The molecule has 1 saturated heterocycles. The lowest BCUT2D eigenvalue weighted by atomic mass is 9.95. The summed E-state index contributed by atoms with van der Waals surface area (Å²) in [5, 5.41) is 11.3. The first-order chi connectivity index (χ1) is 16.1. The van der Waals surface area contributed by atoms with Gasteiger partial charge in [-0.05, 0) is 41.5 Å². The van der Waals surface area contributed by atoms with Gasteiger partial charge in [-0.2, -0.15) is 0 Å². The highest BCUT2D eigenvalue weighted by Crippen LogP contribution is 2.41.